The molecule has 3 N–H and O–H groups in total. The first-order valence-corrected chi connectivity index (χ1v) is 8.30. The summed E-state index contributed by atoms with van der Waals surface area (Å²) in [6, 6.07) is 0.509. The lowest BCUT2D eigenvalue weighted by Gasteiger charge is -2.32. The van der Waals surface area contributed by atoms with E-state index < -0.39 is 26.7 Å². The van der Waals surface area contributed by atoms with Crippen molar-refractivity contribution < 1.29 is 18.4 Å². The molecule has 112 valence electrons. The van der Waals surface area contributed by atoms with E-state index in [0.29, 0.717) is 30.7 Å². The van der Waals surface area contributed by atoms with Gasteiger partial charge in [-0.05, 0) is 12.8 Å². The van der Waals surface area contributed by atoms with Crippen LogP contribution in [-0.4, -0.2) is 41.9 Å². The summed E-state index contributed by atoms with van der Waals surface area (Å²) in [6.07, 6.45) is 2.14. The van der Waals surface area contributed by atoms with Gasteiger partial charge in [-0.25, -0.2) is 8.42 Å². The third-order valence-corrected chi connectivity index (χ3v) is 6.62. The van der Waals surface area contributed by atoms with Gasteiger partial charge >= 0.3 is 5.69 Å². The van der Waals surface area contributed by atoms with Crippen LogP contribution in [0.25, 0.3) is 0 Å². The Morgan fingerprint density at radius 3 is 2.80 bits per heavy atom. The highest BCUT2D eigenvalue weighted by Gasteiger charge is 2.35. The number of aliphatic hydroxyl groups excluding tert-OH is 1. The van der Waals surface area contributed by atoms with Crippen LogP contribution in [0, 0.1) is 10.1 Å². The SMILES string of the molecule is Nc1sc(S(=O)(=O)N2CCCCC2CO)cc1[N+](=O)[O-]. The monoisotopic (exact) mass is 321 g/mol. The third kappa shape index (κ3) is 2.64. The predicted octanol–water partition coefficient (Wildman–Crippen LogP) is 0.774. The number of sulfonamides is 1. The van der Waals surface area contributed by atoms with Gasteiger partial charge in [-0.15, -0.1) is 0 Å². The first-order chi connectivity index (χ1) is 9.37. The Morgan fingerprint density at radius 2 is 2.25 bits per heavy atom. The van der Waals surface area contributed by atoms with E-state index in [1.807, 2.05) is 0 Å². The largest absolute Gasteiger partial charge is 0.395 e. The fourth-order valence-electron chi connectivity index (χ4n) is 2.23. The van der Waals surface area contributed by atoms with E-state index in [1.165, 1.54) is 4.31 Å². The second-order valence-corrected chi connectivity index (χ2v) is 7.72. The number of nitro groups is 1. The maximum atomic E-state index is 12.5. The van der Waals surface area contributed by atoms with Crippen molar-refractivity contribution in [3.63, 3.8) is 0 Å². The van der Waals surface area contributed by atoms with Crippen LogP contribution >= 0.6 is 11.3 Å². The molecule has 1 unspecified atom stereocenters. The first kappa shape index (κ1) is 15.2. The van der Waals surface area contributed by atoms with Crippen molar-refractivity contribution in [3.05, 3.63) is 16.2 Å². The lowest BCUT2D eigenvalue weighted by molar-refractivity contribution is -0.383. The first-order valence-electron chi connectivity index (χ1n) is 6.04. The third-order valence-electron chi connectivity index (χ3n) is 3.26. The quantitative estimate of drug-likeness (QED) is 0.623. The highest BCUT2D eigenvalue weighted by Crippen LogP contribution is 2.37. The highest BCUT2D eigenvalue weighted by molar-refractivity contribution is 7.91. The normalized spacial score (nSPS) is 20.9. The molecule has 1 aliphatic heterocycles. The molecule has 10 heteroatoms. The number of nitrogens with zero attached hydrogens (tertiary/aromatic N) is 2. The Morgan fingerprint density at radius 1 is 1.55 bits per heavy atom. The molecular formula is C10H15N3O5S2. The number of thiophene rings is 1. The fraction of sp³-hybridized carbons (Fsp3) is 0.600. The van der Waals surface area contributed by atoms with Gasteiger partial charge < -0.3 is 10.8 Å². The number of piperidine rings is 1. The van der Waals surface area contributed by atoms with Crippen molar-refractivity contribution in [2.24, 2.45) is 0 Å². The van der Waals surface area contributed by atoms with Crippen molar-refractivity contribution in [1.82, 2.24) is 4.31 Å². The lowest BCUT2D eigenvalue weighted by atomic mass is 10.1. The van der Waals surface area contributed by atoms with Crippen LogP contribution in [0.4, 0.5) is 10.7 Å². The van der Waals surface area contributed by atoms with Crippen LogP contribution in [-0.2, 0) is 10.0 Å². The summed E-state index contributed by atoms with van der Waals surface area (Å²) in [6.45, 7) is 0.0430. The Balaban J connectivity index is 2.39. The number of anilines is 1. The molecule has 0 radical (unpaired) electrons. The van der Waals surface area contributed by atoms with Crippen molar-refractivity contribution in [3.8, 4) is 0 Å². The van der Waals surface area contributed by atoms with Gasteiger partial charge in [0.25, 0.3) is 10.0 Å². The van der Waals surface area contributed by atoms with Gasteiger partial charge in [0.05, 0.1) is 11.5 Å². The van der Waals surface area contributed by atoms with Gasteiger partial charge in [-0.3, -0.25) is 10.1 Å². The molecule has 1 aromatic heterocycles. The van der Waals surface area contributed by atoms with Crippen LogP contribution in [0.2, 0.25) is 0 Å². The van der Waals surface area contributed by atoms with Crippen LogP contribution in [0.1, 0.15) is 19.3 Å². The van der Waals surface area contributed by atoms with Gasteiger partial charge in [0.15, 0.2) is 5.00 Å². The van der Waals surface area contributed by atoms with Gasteiger partial charge in [-0.1, -0.05) is 17.8 Å². The fourth-order valence-corrected chi connectivity index (χ4v) is 5.26. The molecule has 0 bridgehead atoms. The number of nitrogens with two attached hydrogens (primary N) is 1. The Labute approximate surface area is 120 Å². The summed E-state index contributed by atoms with van der Waals surface area (Å²) >= 11 is 0.681. The topological polar surface area (TPSA) is 127 Å². The van der Waals surface area contributed by atoms with Crippen LogP contribution < -0.4 is 5.73 Å². The molecule has 0 aliphatic carbocycles. The summed E-state index contributed by atoms with van der Waals surface area (Å²) in [5, 5.41) is 19.9. The van der Waals surface area contributed by atoms with Gasteiger partial charge in [0.2, 0.25) is 0 Å². The molecule has 8 nitrogen and oxygen atoms in total. The van der Waals surface area contributed by atoms with Crippen LogP contribution in [0.5, 0.6) is 0 Å². The zero-order valence-electron chi connectivity index (χ0n) is 10.6. The average molecular weight is 321 g/mol. The minimum atomic E-state index is -3.85. The summed E-state index contributed by atoms with van der Waals surface area (Å²) in [5.41, 5.74) is 5.08. The van der Waals surface area contributed by atoms with Gasteiger partial charge in [0.1, 0.15) is 4.21 Å². The van der Waals surface area contributed by atoms with Crippen molar-refractivity contribution in [1.29, 1.82) is 0 Å². The van der Waals surface area contributed by atoms with Crippen LogP contribution in [0.15, 0.2) is 10.3 Å². The second-order valence-electron chi connectivity index (χ2n) is 4.52. The average Bonchev–Trinajstić information content (AvgIpc) is 2.81. The summed E-state index contributed by atoms with van der Waals surface area (Å²) in [4.78, 5) is 10.0. The standard InChI is InChI=1S/C10H15N3O5S2/c11-10-8(13(15)16)5-9(19-10)20(17,18)12-4-2-1-3-7(12)6-14/h5,7,14H,1-4,6,11H2. The molecule has 20 heavy (non-hydrogen) atoms. The molecule has 2 rings (SSSR count). The molecule has 1 saturated heterocycles. The zero-order valence-corrected chi connectivity index (χ0v) is 12.2. The Hall–Kier alpha value is -1.23. The smallest absolute Gasteiger partial charge is 0.304 e. The summed E-state index contributed by atoms with van der Waals surface area (Å²) in [7, 11) is -3.85. The second kappa shape index (κ2) is 5.64. The molecule has 0 spiro atoms. The highest BCUT2D eigenvalue weighted by atomic mass is 32.2. The Kier molecular flexibility index (Phi) is 4.28. The van der Waals surface area contributed by atoms with Gasteiger partial charge in [0, 0.05) is 18.7 Å². The van der Waals surface area contributed by atoms with Crippen molar-refractivity contribution in [2.45, 2.75) is 29.5 Å². The predicted molar refractivity (Wildman–Crippen MR) is 74.0 cm³/mol. The molecule has 0 saturated carbocycles. The van der Waals surface area contributed by atoms with E-state index in [9.17, 15) is 23.6 Å². The molecule has 1 aliphatic rings. The molecule has 1 atom stereocenters. The maximum Gasteiger partial charge on any atom is 0.304 e. The molecule has 1 aromatic rings. The van der Waals surface area contributed by atoms with Gasteiger partial charge in [-0.2, -0.15) is 4.31 Å². The lowest BCUT2D eigenvalue weighted by Crippen LogP contribution is -2.45. The van der Waals surface area contributed by atoms with E-state index in [4.69, 9.17) is 5.73 Å². The minimum Gasteiger partial charge on any atom is -0.395 e. The van der Waals surface area contributed by atoms with Crippen molar-refractivity contribution >= 4 is 32.0 Å². The maximum absolute atomic E-state index is 12.5. The van der Waals surface area contributed by atoms with E-state index >= 15 is 0 Å². The van der Waals surface area contributed by atoms with E-state index in [0.717, 1.165) is 12.5 Å². The number of nitrogen functional groups attached to an aromatic ring is 1. The van der Waals surface area contributed by atoms with E-state index in [1.54, 1.807) is 0 Å². The minimum absolute atomic E-state index is 0.133. The Bertz CT molecular complexity index is 612. The molecular weight excluding hydrogens is 306 g/mol. The number of hydrogen-bond acceptors (Lipinski definition) is 7. The molecule has 2 heterocycles. The number of hydrogen-bond donors (Lipinski definition) is 2. The molecule has 1 fully saturated rings. The van der Waals surface area contributed by atoms with E-state index in [-0.39, 0.29) is 15.8 Å². The summed E-state index contributed by atoms with van der Waals surface area (Å²) < 4.78 is 26.0. The number of aliphatic hydroxyl groups is 1. The van der Waals surface area contributed by atoms with E-state index in [2.05, 4.69) is 0 Å². The van der Waals surface area contributed by atoms with Crippen molar-refractivity contribution in [2.75, 3.05) is 18.9 Å². The zero-order chi connectivity index (χ0) is 14.9. The molecule has 0 amide bonds. The molecule has 0 aromatic carbocycles. The number of rotatable bonds is 4. The summed E-state index contributed by atoms with van der Waals surface area (Å²) in [5.74, 6) is 0. The van der Waals surface area contributed by atoms with Crippen LogP contribution in [0.3, 0.4) is 0 Å².